The topological polar surface area (TPSA) is 53.6 Å². The molecule has 0 amide bonds. The van der Waals surface area contributed by atoms with Crippen LogP contribution in [0.2, 0.25) is 0 Å². The average molecular weight is 367 g/mol. The van der Waals surface area contributed by atoms with E-state index in [2.05, 4.69) is 84.7 Å². The highest BCUT2D eigenvalue weighted by molar-refractivity contribution is 7.80. The molecule has 0 spiro atoms. The molecule has 4 nitrogen and oxygen atoms in total. The fraction of sp³-hybridized carbons (Fsp3) is 0.333. The molecule has 5 heteroatoms. The van der Waals surface area contributed by atoms with Crippen molar-refractivity contribution in [2.45, 2.75) is 45.2 Å². The largest absolute Gasteiger partial charge is 0.375 e. The number of fused-ring (bicyclic) bond motifs is 1. The van der Waals surface area contributed by atoms with E-state index in [-0.39, 0.29) is 10.7 Å². The molecule has 0 aliphatic carbocycles. The van der Waals surface area contributed by atoms with Crippen molar-refractivity contribution in [1.29, 1.82) is 0 Å². The molecule has 26 heavy (non-hydrogen) atoms. The fourth-order valence-electron chi connectivity index (χ4n) is 3.82. The van der Waals surface area contributed by atoms with Crippen LogP contribution >= 0.6 is 12.2 Å². The fourth-order valence-corrected chi connectivity index (χ4v) is 3.88. The predicted octanol–water partition coefficient (Wildman–Crippen LogP) is 4.15. The first-order chi connectivity index (χ1) is 12.4. The van der Waals surface area contributed by atoms with Gasteiger partial charge in [-0.1, -0.05) is 43.3 Å². The van der Waals surface area contributed by atoms with Crippen LogP contribution in [0.4, 0.5) is 5.69 Å². The molecule has 1 heterocycles. The van der Waals surface area contributed by atoms with Crippen molar-refractivity contribution in [3.63, 3.8) is 0 Å². The van der Waals surface area contributed by atoms with E-state index in [9.17, 15) is 0 Å². The highest BCUT2D eigenvalue weighted by Crippen LogP contribution is 2.44. The van der Waals surface area contributed by atoms with Crippen molar-refractivity contribution in [2.75, 3.05) is 4.90 Å². The summed E-state index contributed by atoms with van der Waals surface area (Å²) in [4.78, 5) is 2.52. The number of rotatable bonds is 4. The van der Waals surface area contributed by atoms with E-state index in [1.54, 1.807) is 6.21 Å². The zero-order valence-corrected chi connectivity index (χ0v) is 16.4. The maximum absolute atomic E-state index is 5.41. The molecule has 136 valence electrons. The van der Waals surface area contributed by atoms with E-state index < -0.39 is 0 Å². The lowest BCUT2D eigenvalue weighted by Crippen LogP contribution is -2.47. The minimum atomic E-state index is 0.102. The smallest absolute Gasteiger partial charge is 0.184 e. The number of hydrogen-bond donors (Lipinski definition) is 2. The molecule has 0 saturated heterocycles. The van der Waals surface area contributed by atoms with Crippen LogP contribution in [0.1, 0.15) is 49.8 Å². The van der Waals surface area contributed by atoms with Crippen LogP contribution in [0.15, 0.2) is 53.6 Å². The van der Waals surface area contributed by atoms with E-state index >= 15 is 0 Å². The van der Waals surface area contributed by atoms with Crippen LogP contribution in [0.5, 0.6) is 0 Å². The third kappa shape index (κ3) is 4.05. The van der Waals surface area contributed by atoms with Crippen molar-refractivity contribution < 1.29 is 0 Å². The zero-order chi connectivity index (χ0) is 18.7. The molecular weight excluding hydrogens is 340 g/mol. The number of anilines is 1. The molecule has 0 saturated carbocycles. The molecule has 1 atom stereocenters. The molecule has 0 bridgehead atoms. The van der Waals surface area contributed by atoms with Gasteiger partial charge in [0.1, 0.15) is 0 Å². The second-order valence-corrected chi connectivity index (χ2v) is 7.98. The van der Waals surface area contributed by atoms with Crippen molar-refractivity contribution in [3.8, 4) is 0 Å². The molecular formula is C21H26N4S. The van der Waals surface area contributed by atoms with Gasteiger partial charge in [-0.05, 0) is 67.2 Å². The summed E-state index contributed by atoms with van der Waals surface area (Å²) in [6.07, 6.45) is 2.87. The van der Waals surface area contributed by atoms with Gasteiger partial charge in [-0.3, -0.25) is 5.43 Å². The Labute approximate surface area is 161 Å². The Kier molecular flexibility index (Phi) is 5.28. The monoisotopic (exact) mass is 366 g/mol. The SMILES string of the molecule is CC1CC(C)(C)N(Cc2ccccc2)c2ccc(C=NNC(N)=S)cc21. The maximum atomic E-state index is 5.41. The summed E-state index contributed by atoms with van der Waals surface area (Å²) in [6.45, 7) is 7.87. The van der Waals surface area contributed by atoms with Crippen molar-refractivity contribution >= 4 is 29.2 Å². The number of nitrogens with two attached hydrogens (primary N) is 1. The van der Waals surface area contributed by atoms with E-state index in [1.807, 2.05) is 0 Å². The standard InChI is InChI=1S/C21H26N4S/c1-15-12-21(2,3)25(14-16-7-5-4-6-8-16)19-10-9-17(11-18(15)19)13-23-24-20(22)26/h4-11,13,15H,12,14H2,1-3H3,(H3,22,24,26). The van der Waals surface area contributed by atoms with Crippen LogP contribution in [-0.4, -0.2) is 16.9 Å². The Morgan fingerprint density at radius 3 is 2.73 bits per heavy atom. The van der Waals surface area contributed by atoms with Crippen LogP contribution in [-0.2, 0) is 6.54 Å². The minimum absolute atomic E-state index is 0.102. The molecule has 3 rings (SSSR count). The summed E-state index contributed by atoms with van der Waals surface area (Å²) in [5.74, 6) is 0.490. The number of benzene rings is 2. The Bertz CT molecular complexity index is 814. The molecule has 0 radical (unpaired) electrons. The molecule has 1 aliphatic rings. The molecule has 1 unspecified atom stereocenters. The van der Waals surface area contributed by atoms with Crippen LogP contribution in [0.3, 0.4) is 0 Å². The predicted molar refractivity (Wildman–Crippen MR) is 114 cm³/mol. The Hall–Kier alpha value is -2.40. The van der Waals surface area contributed by atoms with Gasteiger partial charge in [0, 0.05) is 17.8 Å². The summed E-state index contributed by atoms with van der Waals surface area (Å²) in [5.41, 5.74) is 13.2. The average Bonchev–Trinajstić information content (AvgIpc) is 2.59. The second-order valence-electron chi connectivity index (χ2n) is 7.54. The highest BCUT2D eigenvalue weighted by Gasteiger charge is 2.36. The van der Waals surface area contributed by atoms with Crippen LogP contribution < -0.4 is 16.1 Å². The lowest BCUT2D eigenvalue weighted by Gasteiger charge is -2.47. The molecule has 2 aromatic rings. The first kappa shape index (κ1) is 18.4. The summed E-state index contributed by atoms with van der Waals surface area (Å²) < 4.78 is 0. The first-order valence-electron chi connectivity index (χ1n) is 8.91. The van der Waals surface area contributed by atoms with Gasteiger partial charge in [0.25, 0.3) is 0 Å². The lowest BCUT2D eigenvalue weighted by molar-refractivity contribution is 0.374. The zero-order valence-electron chi connectivity index (χ0n) is 15.6. The highest BCUT2D eigenvalue weighted by atomic mass is 32.1. The summed E-state index contributed by atoms with van der Waals surface area (Å²) in [5, 5.41) is 4.25. The van der Waals surface area contributed by atoms with Gasteiger partial charge >= 0.3 is 0 Å². The number of hydrogen-bond acceptors (Lipinski definition) is 3. The molecule has 3 N–H and O–H groups in total. The van der Waals surface area contributed by atoms with Gasteiger partial charge in [-0.2, -0.15) is 5.10 Å². The van der Waals surface area contributed by atoms with E-state index in [4.69, 9.17) is 18.0 Å². The van der Waals surface area contributed by atoms with Crippen LogP contribution in [0.25, 0.3) is 0 Å². The molecule has 1 aliphatic heterocycles. The summed E-state index contributed by atoms with van der Waals surface area (Å²) >= 11 is 4.78. The number of nitrogens with one attached hydrogen (secondary N) is 1. The van der Waals surface area contributed by atoms with Gasteiger partial charge in [0.2, 0.25) is 0 Å². The Balaban J connectivity index is 1.93. The van der Waals surface area contributed by atoms with E-state index in [0.29, 0.717) is 5.92 Å². The lowest BCUT2D eigenvalue weighted by atomic mass is 9.79. The third-order valence-electron chi connectivity index (χ3n) is 4.98. The maximum Gasteiger partial charge on any atom is 0.184 e. The normalized spacial score (nSPS) is 18.6. The van der Waals surface area contributed by atoms with E-state index in [1.165, 1.54) is 16.8 Å². The van der Waals surface area contributed by atoms with Gasteiger partial charge in [-0.25, -0.2) is 0 Å². The molecule has 0 fully saturated rings. The minimum Gasteiger partial charge on any atom is -0.375 e. The van der Waals surface area contributed by atoms with Gasteiger partial charge in [-0.15, -0.1) is 0 Å². The first-order valence-corrected chi connectivity index (χ1v) is 9.32. The Morgan fingerprint density at radius 2 is 2.04 bits per heavy atom. The third-order valence-corrected chi connectivity index (χ3v) is 5.07. The number of hydrazone groups is 1. The van der Waals surface area contributed by atoms with Crippen molar-refractivity contribution in [2.24, 2.45) is 10.8 Å². The van der Waals surface area contributed by atoms with Gasteiger partial charge in [0.05, 0.1) is 6.21 Å². The quantitative estimate of drug-likeness (QED) is 0.485. The number of nitrogens with zero attached hydrogens (tertiary/aromatic N) is 2. The van der Waals surface area contributed by atoms with Gasteiger partial charge in [0.15, 0.2) is 5.11 Å². The van der Waals surface area contributed by atoms with Crippen molar-refractivity contribution in [3.05, 3.63) is 65.2 Å². The Morgan fingerprint density at radius 1 is 1.31 bits per heavy atom. The van der Waals surface area contributed by atoms with Gasteiger partial charge < -0.3 is 10.6 Å². The summed E-state index contributed by atoms with van der Waals surface area (Å²) in [7, 11) is 0. The summed E-state index contributed by atoms with van der Waals surface area (Å²) in [6, 6.07) is 17.2. The van der Waals surface area contributed by atoms with Crippen molar-refractivity contribution in [1.82, 2.24) is 5.43 Å². The van der Waals surface area contributed by atoms with E-state index in [0.717, 1.165) is 18.5 Å². The molecule has 0 aromatic heterocycles. The second kappa shape index (κ2) is 7.46. The molecule has 2 aromatic carbocycles. The van der Waals surface area contributed by atoms with Crippen LogP contribution in [0, 0.1) is 0 Å². The number of thiocarbonyl (C=S) groups is 1.